The Morgan fingerprint density at radius 1 is 1.45 bits per heavy atom. The number of benzene rings is 1. The van der Waals surface area contributed by atoms with Crippen LogP contribution >= 0.6 is 11.8 Å². The Kier molecular flexibility index (Phi) is 4.63. The second-order valence-corrected chi connectivity index (χ2v) is 7.86. The molecule has 112 valence electrons. The molecule has 1 aromatic rings. The lowest BCUT2D eigenvalue weighted by atomic mass is 10.2. The Labute approximate surface area is 123 Å². The van der Waals surface area contributed by atoms with Crippen LogP contribution in [-0.4, -0.2) is 38.2 Å². The second kappa shape index (κ2) is 5.93. The van der Waals surface area contributed by atoms with Crippen molar-refractivity contribution >= 4 is 21.8 Å². The van der Waals surface area contributed by atoms with E-state index in [4.69, 9.17) is 9.84 Å². The molecule has 0 aliphatic heterocycles. The maximum Gasteiger partial charge on any atom is 0.244 e. The third-order valence-electron chi connectivity index (χ3n) is 3.53. The normalized spacial score (nSPS) is 16.9. The van der Waals surface area contributed by atoms with Crippen LogP contribution in [-0.2, 0) is 16.6 Å². The molecule has 0 aromatic heterocycles. The minimum Gasteiger partial charge on any atom is -0.495 e. The van der Waals surface area contributed by atoms with Crippen molar-refractivity contribution in [3.63, 3.8) is 0 Å². The summed E-state index contributed by atoms with van der Waals surface area (Å²) in [5.41, 5.74) is 0.539. The molecule has 0 heterocycles. The Morgan fingerprint density at radius 2 is 2.15 bits per heavy atom. The van der Waals surface area contributed by atoms with Gasteiger partial charge in [-0.25, -0.2) is 13.1 Å². The number of aliphatic hydroxyl groups excluding tert-OH is 1. The van der Waals surface area contributed by atoms with E-state index in [9.17, 15) is 8.42 Å². The van der Waals surface area contributed by atoms with Crippen molar-refractivity contribution in [1.82, 2.24) is 4.72 Å². The van der Waals surface area contributed by atoms with Gasteiger partial charge in [0.1, 0.15) is 10.6 Å². The molecule has 0 bridgehead atoms. The molecule has 5 nitrogen and oxygen atoms in total. The first-order valence-corrected chi connectivity index (χ1v) is 9.00. The van der Waals surface area contributed by atoms with Crippen molar-refractivity contribution in [2.24, 2.45) is 0 Å². The molecule has 0 amide bonds. The third kappa shape index (κ3) is 3.28. The van der Waals surface area contributed by atoms with E-state index in [0.717, 1.165) is 12.8 Å². The highest BCUT2D eigenvalue weighted by molar-refractivity contribution is 8.00. The van der Waals surface area contributed by atoms with Gasteiger partial charge in [0.05, 0.1) is 13.7 Å². The number of nitrogens with one attached hydrogen (secondary N) is 1. The van der Waals surface area contributed by atoms with Gasteiger partial charge >= 0.3 is 0 Å². The van der Waals surface area contributed by atoms with Gasteiger partial charge in [0.2, 0.25) is 10.0 Å². The van der Waals surface area contributed by atoms with Crippen LogP contribution < -0.4 is 9.46 Å². The summed E-state index contributed by atoms with van der Waals surface area (Å²) in [6.45, 7) is 0.213. The van der Waals surface area contributed by atoms with Gasteiger partial charge in [-0.05, 0) is 36.8 Å². The molecule has 0 radical (unpaired) electrons. The van der Waals surface area contributed by atoms with Crippen molar-refractivity contribution in [3.05, 3.63) is 23.8 Å². The molecule has 2 rings (SSSR count). The standard InChI is InChI=1S/C13H19NO4S2/c1-18-11-4-3-10(8-15)7-12(11)20(16,17)14-9-13(19-2)5-6-13/h3-4,7,14-15H,5-6,8-9H2,1-2H3. The summed E-state index contributed by atoms with van der Waals surface area (Å²) in [5, 5.41) is 9.14. The molecule has 0 atom stereocenters. The van der Waals surface area contributed by atoms with E-state index in [0.29, 0.717) is 12.1 Å². The summed E-state index contributed by atoms with van der Waals surface area (Å²) >= 11 is 1.69. The molecule has 7 heteroatoms. The number of sulfonamides is 1. The van der Waals surface area contributed by atoms with Crippen molar-refractivity contribution in [2.45, 2.75) is 29.1 Å². The largest absolute Gasteiger partial charge is 0.495 e. The molecule has 1 saturated carbocycles. The Morgan fingerprint density at radius 3 is 2.65 bits per heavy atom. The average molecular weight is 317 g/mol. The first-order chi connectivity index (χ1) is 9.46. The van der Waals surface area contributed by atoms with Gasteiger partial charge < -0.3 is 9.84 Å². The van der Waals surface area contributed by atoms with E-state index in [2.05, 4.69) is 4.72 Å². The molecular formula is C13H19NO4S2. The van der Waals surface area contributed by atoms with Gasteiger partial charge in [0.25, 0.3) is 0 Å². The zero-order chi connectivity index (χ0) is 14.8. The van der Waals surface area contributed by atoms with E-state index in [1.165, 1.54) is 13.2 Å². The highest BCUT2D eigenvalue weighted by Crippen LogP contribution is 2.46. The first kappa shape index (κ1) is 15.6. The lowest BCUT2D eigenvalue weighted by molar-refractivity contribution is 0.281. The van der Waals surface area contributed by atoms with Gasteiger partial charge in [-0.2, -0.15) is 11.8 Å². The van der Waals surface area contributed by atoms with Crippen molar-refractivity contribution < 1.29 is 18.3 Å². The molecule has 0 saturated heterocycles. The molecular weight excluding hydrogens is 298 g/mol. The number of methoxy groups -OCH3 is 1. The zero-order valence-corrected chi connectivity index (χ0v) is 13.2. The maximum atomic E-state index is 12.4. The Balaban J connectivity index is 2.23. The molecule has 0 unspecified atom stereocenters. The monoisotopic (exact) mass is 317 g/mol. The van der Waals surface area contributed by atoms with Gasteiger partial charge in [0.15, 0.2) is 0 Å². The van der Waals surface area contributed by atoms with Crippen molar-refractivity contribution in [1.29, 1.82) is 0 Å². The van der Waals surface area contributed by atoms with Gasteiger partial charge in [-0.3, -0.25) is 0 Å². The first-order valence-electron chi connectivity index (χ1n) is 6.29. The molecule has 1 aliphatic rings. The number of rotatable bonds is 7. The maximum absolute atomic E-state index is 12.4. The molecule has 1 aliphatic carbocycles. The Hall–Kier alpha value is -0.760. The van der Waals surface area contributed by atoms with Gasteiger partial charge in [-0.15, -0.1) is 0 Å². The number of thioether (sulfide) groups is 1. The Bertz CT molecular complexity index is 582. The van der Waals surface area contributed by atoms with Crippen LogP contribution in [0.3, 0.4) is 0 Å². The van der Waals surface area contributed by atoms with Crippen molar-refractivity contribution in [2.75, 3.05) is 19.9 Å². The van der Waals surface area contributed by atoms with E-state index < -0.39 is 10.0 Å². The minimum absolute atomic E-state index is 0.0505. The molecule has 20 heavy (non-hydrogen) atoms. The van der Waals surface area contributed by atoms with E-state index in [1.54, 1.807) is 23.9 Å². The van der Waals surface area contributed by atoms with Gasteiger partial charge in [0, 0.05) is 11.3 Å². The summed E-state index contributed by atoms with van der Waals surface area (Å²) in [6.07, 6.45) is 4.06. The van der Waals surface area contributed by atoms with Crippen LogP contribution in [0.15, 0.2) is 23.1 Å². The molecule has 1 fully saturated rings. The fourth-order valence-corrected chi connectivity index (χ4v) is 4.09. The summed E-state index contributed by atoms with van der Waals surface area (Å²) in [5.74, 6) is 0.281. The molecule has 1 aromatic carbocycles. The number of ether oxygens (including phenoxy) is 1. The van der Waals surface area contributed by atoms with Crippen LogP contribution in [0.4, 0.5) is 0 Å². The third-order valence-corrected chi connectivity index (χ3v) is 6.37. The highest BCUT2D eigenvalue weighted by atomic mass is 32.2. The van der Waals surface area contributed by atoms with Crippen molar-refractivity contribution in [3.8, 4) is 5.75 Å². The lowest BCUT2D eigenvalue weighted by Crippen LogP contribution is -2.32. The van der Waals surface area contributed by atoms with Gasteiger partial charge in [-0.1, -0.05) is 6.07 Å². The molecule has 2 N–H and O–H groups in total. The average Bonchev–Trinajstić information content (AvgIpc) is 3.25. The zero-order valence-electron chi connectivity index (χ0n) is 11.5. The van der Waals surface area contributed by atoms with E-state index in [-0.39, 0.29) is 22.0 Å². The summed E-state index contributed by atoms with van der Waals surface area (Å²) in [6, 6.07) is 4.64. The quantitative estimate of drug-likeness (QED) is 0.794. The predicted molar refractivity (Wildman–Crippen MR) is 79.6 cm³/mol. The number of hydrogen-bond donors (Lipinski definition) is 2. The topological polar surface area (TPSA) is 75.6 Å². The number of aliphatic hydroxyl groups is 1. The minimum atomic E-state index is -3.64. The van der Waals surface area contributed by atoms with E-state index in [1.807, 2.05) is 6.26 Å². The van der Waals surface area contributed by atoms with Crippen LogP contribution in [0.5, 0.6) is 5.75 Å². The fourth-order valence-electron chi connectivity index (χ4n) is 1.93. The van der Waals surface area contributed by atoms with Crippen LogP contribution in [0.2, 0.25) is 0 Å². The van der Waals surface area contributed by atoms with Crippen LogP contribution in [0, 0.1) is 0 Å². The van der Waals surface area contributed by atoms with Crippen LogP contribution in [0.25, 0.3) is 0 Å². The van der Waals surface area contributed by atoms with Crippen LogP contribution in [0.1, 0.15) is 18.4 Å². The second-order valence-electron chi connectivity index (χ2n) is 4.86. The highest BCUT2D eigenvalue weighted by Gasteiger charge is 2.42. The summed E-state index contributed by atoms with van der Waals surface area (Å²) in [4.78, 5) is 0.0726. The summed E-state index contributed by atoms with van der Waals surface area (Å²) in [7, 11) is -2.21. The SMILES string of the molecule is COc1ccc(CO)cc1S(=O)(=O)NCC1(SC)CC1. The fraction of sp³-hybridized carbons (Fsp3) is 0.538. The number of hydrogen-bond acceptors (Lipinski definition) is 5. The smallest absolute Gasteiger partial charge is 0.244 e. The molecule has 0 spiro atoms. The lowest BCUT2D eigenvalue weighted by Gasteiger charge is -2.15. The predicted octanol–water partition coefficient (Wildman–Crippen LogP) is 1.36. The van der Waals surface area contributed by atoms with E-state index >= 15 is 0 Å². The summed E-state index contributed by atoms with van der Waals surface area (Å²) < 4.78 is 32.6.